The SMILES string of the molecule is Cc1ccc(NC(=O)CSC2=NC(=O)C(c3ccccc3)C(=O)N2)cc1. The van der Waals surface area contributed by atoms with Gasteiger partial charge in [0.2, 0.25) is 11.8 Å². The van der Waals surface area contributed by atoms with Gasteiger partial charge in [-0.2, -0.15) is 4.99 Å². The lowest BCUT2D eigenvalue weighted by Crippen LogP contribution is -2.41. The second kappa shape index (κ2) is 7.97. The Bertz CT molecular complexity index is 863. The molecule has 132 valence electrons. The number of aliphatic imine (C=N–C) groups is 1. The van der Waals surface area contributed by atoms with Gasteiger partial charge >= 0.3 is 0 Å². The lowest BCUT2D eigenvalue weighted by atomic mass is 9.97. The molecule has 0 bridgehead atoms. The Labute approximate surface area is 155 Å². The maximum atomic E-state index is 12.3. The van der Waals surface area contributed by atoms with Gasteiger partial charge in [0, 0.05) is 5.69 Å². The molecule has 3 amide bonds. The Morgan fingerprint density at radius 3 is 2.46 bits per heavy atom. The first-order chi connectivity index (χ1) is 12.5. The molecule has 1 aliphatic heterocycles. The number of hydrogen-bond donors (Lipinski definition) is 2. The van der Waals surface area contributed by atoms with E-state index in [0.29, 0.717) is 11.3 Å². The lowest BCUT2D eigenvalue weighted by Gasteiger charge is -2.19. The number of nitrogens with zero attached hydrogens (tertiary/aromatic N) is 1. The van der Waals surface area contributed by atoms with Crippen LogP contribution in [0.3, 0.4) is 0 Å². The number of thioether (sulfide) groups is 1. The number of carbonyl (C=O) groups is 3. The van der Waals surface area contributed by atoms with Crippen molar-refractivity contribution in [2.24, 2.45) is 4.99 Å². The normalized spacial score (nSPS) is 16.7. The van der Waals surface area contributed by atoms with Crippen molar-refractivity contribution in [1.82, 2.24) is 5.32 Å². The van der Waals surface area contributed by atoms with Crippen LogP contribution < -0.4 is 10.6 Å². The molecule has 0 spiro atoms. The maximum absolute atomic E-state index is 12.3. The van der Waals surface area contributed by atoms with Gasteiger partial charge in [0.05, 0.1) is 5.75 Å². The highest BCUT2D eigenvalue weighted by atomic mass is 32.2. The van der Waals surface area contributed by atoms with Crippen LogP contribution in [0.25, 0.3) is 0 Å². The first-order valence-corrected chi connectivity index (χ1v) is 8.99. The summed E-state index contributed by atoms with van der Waals surface area (Å²) in [5, 5.41) is 5.49. The second-order valence-electron chi connectivity index (χ2n) is 5.79. The first-order valence-electron chi connectivity index (χ1n) is 8.00. The van der Waals surface area contributed by atoms with Gasteiger partial charge in [-0.3, -0.25) is 14.4 Å². The largest absolute Gasteiger partial charge is 0.325 e. The molecule has 0 aromatic heterocycles. The fourth-order valence-electron chi connectivity index (χ4n) is 2.46. The molecule has 1 atom stereocenters. The van der Waals surface area contributed by atoms with Crippen LogP contribution in [0.5, 0.6) is 0 Å². The van der Waals surface area contributed by atoms with E-state index in [1.165, 1.54) is 0 Å². The van der Waals surface area contributed by atoms with E-state index in [9.17, 15) is 14.4 Å². The van der Waals surface area contributed by atoms with E-state index >= 15 is 0 Å². The average molecular weight is 367 g/mol. The van der Waals surface area contributed by atoms with Crippen molar-refractivity contribution in [3.05, 3.63) is 65.7 Å². The van der Waals surface area contributed by atoms with Crippen LogP contribution in [0.15, 0.2) is 59.6 Å². The highest BCUT2D eigenvalue weighted by molar-refractivity contribution is 8.14. The zero-order valence-corrected chi connectivity index (χ0v) is 14.9. The van der Waals surface area contributed by atoms with E-state index in [4.69, 9.17) is 0 Å². The van der Waals surface area contributed by atoms with Crippen molar-refractivity contribution < 1.29 is 14.4 Å². The molecule has 2 aromatic carbocycles. The summed E-state index contributed by atoms with van der Waals surface area (Å²) in [6, 6.07) is 16.2. The summed E-state index contributed by atoms with van der Waals surface area (Å²) in [6.45, 7) is 1.96. The second-order valence-corrected chi connectivity index (χ2v) is 6.76. The Kier molecular flexibility index (Phi) is 5.48. The fraction of sp³-hybridized carbons (Fsp3) is 0.158. The molecular weight excluding hydrogens is 350 g/mol. The summed E-state index contributed by atoms with van der Waals surface area (Å²) in [7, 11) is 0. The molecule has 2 aromatic rings. The zero-order chi connectivity index (χ0) is 18.5. The van der Waals surface area contributed by atoms with Crippen LogP contribution in [0, 0.1) is 6.92 Å². The average Bonchev–Trinajstić information content (AvgIpc) is 2.62. The zero-order valence-electron chi connectivity index (χ0n) is 14.1. The quantitative estimate of drug-likeness (QED) is 0.813. The highest BCUT2D eigenvalue weighted by Gasteiger charge is 2.33. The van der Waals surface area contributed by atoms with Gasteiger partial charge in [-0.1, -0.05) is 59.8 Å². The van der Waals surface area contributed by atoms with Crippen LogP contribution in [-0.2, 0) is 14.4 Å². The molecule has 0 saturated heterocycles. The molecule has 0 fully saturated rings. The third-order valence-electron chi connectivity index (χ3n) is 3.76. The van der Waals surface area contributed by atoms with Gasteiger partial charge in [0.25, 0.3) is 5.91 Å². The van der Waals surface area contributed by atoms with Gasteiger partial charge in [-0.25, -0.2) is 0 Å². The molecule has 1 unspecified atom stereocenters. The number of amidine groups is 1. The van der Waals surface area contributed by atoms with Crippen molar-refractivity contribution in [2.45, 2.75) is 12.8 Å². The molecule has 6 nitrogen and oxygen atoms in total. The van der Waals surface area contributed by atoms with Crippen LogP contribution in [0.4, 0.5) is 5.69 Å². The molecular formula is C19H17N3O3S. The van der Waals surface area contributed by atoms with E-state index in [0.717, 1.165) is 17.3 Å². The minimum Gasteiger partial charge on any atom is -0.325 e. The molecule has 1 heterocycles. The van der Waals surface area contributed by atoms with Crippen molar-refractivity contribution >= 4 is 40.3 Å². The molecule has 7 heteroatoms. The van der Waals surface area contributed by atoms with Gasteiger partial charge in [-0.05, 0) is 24.6 Å². The first kappa shape index (κ1) is 17.9. The van der Waals surface area contributed by atoms with Crippen LogP contribution in [0.2, 0.25) is 0 Å². The van der Waals surface area contributed by atoms with Crippen molar-refractivity contribution in [2.75, 3.05) is 11.1 Å². The lowest BCUT2D eigenvalue weighted by molar-refractivity contribution is -0.129. The number of amides is 3. The maximum Gasteiger partial charge on any atom is 0.265 e. The molecule has 0 radical (unpaired) electrons. The van der Waals surface area contributed by atoms with Crippen molar-refractivity contribution in [3.8, 4) is 0 Å². The third kappa shape index (κ3) is 4.37. The summed E-state index contributed by atoms with van der Waals surface area (Å²) in [4.78, 5) is 40.4. The van der Waals surface area contributed by atoms with E-state index in [2.05, 4.69) is 15.6 Å². The van der Waals surface area contributed by atoms with E-state index < -0.39 is 17.7 Å². The third-order valence-corrected chi connectivity index (χ3v) is 4.63. The highest BCUT2D eigenvalue weighted by Crippen LogP contribution is 2.22. The van der Waals surface area contributed by atoms with Crippen LogP contribution in [-0.4, -0.2) is 28.6 Å². The van der Waals surface area contributed by atoms with E-state index in [1.807, 2.05) is 37.3 Å². The number of benzene rings is 2. The predicted molar refractivity (Wildman–Crippen MR) is 102 cm³/mol. The van der Waals surface area contributed by atoms with Crippen molar-refractivity contribution in [1.29, 1.82) is 0 Å². The van der Waals surface area contributed by atoms with Gasteiger partial charge in [0.1, 0.15) is 5.92 Å². The number of rotatable bonds is 4. The number of hydrogen-bond acceptors (Lipinski definition) is 4. The minimum atomic E-state index is -0.943. The fourth-order valence-corrected chi connectivity index (χ4v) is 3.13. The van der Waals surface area contributed by atoms with Crippen molar-refractivity contribution in [3.63, 3.8) is 0 Å². The van der Waals surface area contributed by atoms with Gasteiger partial charge < -0.3 is 10.6 Å². The van der Waals surface area contributed by atoms with E-state index in [-0.39, 0.29) is 16.8 Å². The summed E-state index contributed by atoms with van der Waals surface area (Å²) >= 11 is 1.02. The monoisotopic (exact) mass is 367 g/mol. The van der Waals surface area contributed by atoms with Gasteiger partial charge in [0.15, 0.2) is 5.17 Å². The Morgan fingerprint density at radius 2 is 1.81 bits per heavy atom. The molecule has 0 aliphatic carbocycles. The predicted octanol–water partition coefficient (Wildman–Crippen LogP) is 2.46. The standard InChI is InChI=1S/C19H17N3O3S/c1-12-7-9-14(10-8-12)20-15(23)11-26-19-21-17(24)16(18(25)22-19)13-5-3-2-4-6-13/h2-10,16H,11H2,1H3,(H,20,23)(H,21,22,24,25). The molecule has 0 saturated carbocycles. The topological polar surface area (TPSA) is 87.6 Å². The Balaban J connectivity index is 1.59. The number of aryl methyl sites for hydroxylation is 1. The Morgan fingerprint density at radius 1 is 1.12 bits per heavy atom. The van der Waals surface area contributed by atoms with Crippen LogP contribution >= 0.6 is 11.8 Å². The summed E-state index contributed by atoms with van der Waals surface area (Å²) in [5.41, 5.74) is 2.39. The summed E-state index contributed by atoms with van der Waals surface area (Å²) in [5.74, 6) is -2.11. The van der Waals surface area contributed by atoms with E-state index in [1.54, 1.807) is 24.3 Å². The number of carbonyl (C=O) groups excluding carboxylic acids is 3. The molecule has 3 rings (SSSR count). The molecule has 1 aliphatic rings. The Hall–Kier alpha value is -2.93. The molecule has 2 N–H and O–H groups in total. The van der Waals surface area contributed by atoms with Gasteiger partial charge in [-0.15, -0.1) is 0 Å². The number of nitrogens with one attached hydrogen (secondary N) is 2. The van der Waals surface area contributed by atoms with Crippen LogP contribution in [0.1, 0.15) is 17.0 Å². The summed E-state index contributed by atoms with van der Waals surface area (Å²) in [6.07, 6.45) is 0. The molecule has 26 heavy (non-hydrogen) atoms. The summed E-state index contributed by atoms with van der Waals surface area (Å²) < 4.78 is 0. The smallest absolute Gasteiger partial charge is 0.265 e. The number of anilines is 1. The minimum absolute atomic E-state index is 0.0380.